The highest BCUT2D eigenvalue weighted by atomic mass is 15.3. The summed E-state index contributed by atoms with van der Waals surface area (Å²) in [6.45, 7) is 5.78. The Morgan fingerprint density at radius 1 is 1.44 bits per heavy atom. The van der Waals surface area contributed by atoms with Gasteiger partial charge in [-0.05, 0) is 19.9 Å². The van der Waals surface area contributed by atoms with Gasteiger partial charge >= 0.3 is 0 Å². The second kappa shape index (κ2) is 4.38. The molecule has 0 fully saturated rings. The van der Waals surface area contributed by atoms with Crippen molar-refractivity contribution in [3.63, 3.8) is 0 Å². The molecule has 2 rings (SSSR count). The molecule has 0 bridgehead atoms. The van der Waals surface area contributed by atoms with Crippen molar-refractivity contribution >= 4 is 5.95 Å². The summed E-state index contributed by atoms with van der Waals surface area (Å²) in [5.74, 6) is 0.918. The van der Waals surface area contributed by atoms with Crippen LogP contribution in [0.2, 0.25) is 0 Å². The van der Waals surface area contributed by atoms with E-state index >= 15 is 0 Å². The molecule has 0 spiro atoms. The SMILES string of the molecule is CCn1cc(C)nc1NCc1ccnn1C. The van der Waals surface area contributed by atoms with Crippen LogP contribution >= 0.6 is 0 Å². The Morgan fingerprint density at radius 3 is 2.88 bits per heavy atom. The van der Waals surface area contributed by atoms with Crippen molar-refractivity contribution < 1.29 is 0 Å². The predicted octanol–water partition coefficient (Wildman–Crippen LogP) is 1.56. The van der Waals surface area contributed by atoms with Gasteiger partial charge in [-0.3, -0.25) is 4.68 Å². The zero-order valence-electron chi connectivity index (χ0n) is 9.94. The van der Waals surface area contributed by atoms with Crippen molar-refractivity contribution in [3.8, 4) is 0 Å². The molecule has 0 atom stereocenters. The van der Waals surface area contributed by atoms with Crippen LogP contribution in [0.4, 0.5) is 5.95 Å². The fraction of sp³-hybridized carbons (Fsp3) is 0.455. The molecule has 0 radical (unpaired) electrons. The van der Waals surface area contributed by atoms with Gasteiger partial charge in [-0.1, -0.05) is 0 Å². The van der Waals surface area contributed by atoms with Gasteiger partial charge in [0.15, 0.2) is 0 Å². The lowest BCUT2D eigenvalue weighted by Gasteiger charge is -2.07. The van der Waals surface area contributed by atoms with Gasteiger partial charge < -0.3 is 9.88 Å². The molecule has 86 valence electrons. The van der Waals surface area contributed by atoms with E-state index in [1.807, 2.05) is 30.9 Å². The maximum absolute atomic E-state index is 4.43. The molecule has 0 aromatic carbocycles. The quantitative estimate of drug-likeness (QED) is 0.848. The Hall–Kier alpha value is -1.78. The molecule has 16 heavy (non-hydrogen) atoms. The first-order valence-corrected chi connectivity index (χ1v) is 5.45. The summed E-state index contributed by atoms with van der Waals surface area (Å²) in [6, 6.07) is 2.00. The molecule has 2 heterocycles. The highest BCUT2D eigenvalue weighted by Gasteiger charge is 2.04. The Balaban J connectivity index is 2.07. The van der Waals surface area contributed by atoms with Crippen LogP contribution < -0.4 is 5.32 Å². The van der Waals surface area contributed by atoms with Crippen molar-refractivity contribution in [3.05, 3.63) is 29.8 Å². The van der Waals surface area contributed by atoms with E-state index < -0.39 is 0 Å². The van der Waals surface area contributed by atoms with Crippen LogP contribution in [0.3, 0.4) is 0 Å². The molecular weight excluding hydrogens is 202 g/mol. The number of rotatable bonds is 4. The van der Waals surface area contributed by atoms with Gasteiger partial charge in [0.25, 0.3) is 0 Å². The summed E-state index contributed by atoms with van der Waals surface area (Å²) in [7, 11) is 1.94. The predicted molar refractivity (Wildman–Crippen MR) is 63.2 cm³/mol. The van der Waals surface area contributed by atoms with Gasteiger partial charge in [-0.25, -0.2) is 4.98 Å². The highest BCUT2D eigenvalue weighted by molar-refractivity contribution is 5.29. The first-order valence-electron chi connectivity index (χ1n) is 5.45. The molecule has 0 saturated heterocycles. The molecule has 0 saturated carbocycles. The third-order valence-electron chi connectivity index (χ3n) is 2.59. The van der Waals surface area contributed by atoms with Crippen LogP contribution in [0.5, 0.6) is 0 Å². The molecule has 0 aliphatic heterocycles. The Labute approximate surface area is 95.1 Å². The minimum absolute atomic E-state index is 0.743. The minimum atomic E-state index is 0.743. The van der Waals surface area contributed by atoms with Gasteiger partial charge in [-0.15, -0.1) is 0 Å². The molecule has 0 aliphatic carbocycles. The number of aryl methyl sites for hydroxylation is 3. The summed E-state index contributed by atoms with van der Waals surface area (Å²) < 4.78 is 3.96. The second-order valence-corrected chi connectivity index (χ2v) is 3.79. The van der Waals surface area contributed by atoms with E-state index in [1.54, 1.807) is 6.20 Å². The number of hydrogen-bond acceptors (Lipinski definition) is 3. The highest BCUT2D eigenvalue weighted by Crippen LogP contribution is 2.09. The van der Waals surface area contributed by atoms with Gasteiger partial charge in [0.05, 0.1) is 17.9 Å². The lowest BCUT2D eigenvalue weighted by atomic mass is 10.4. The fourth-order valence-corrected chi connectivity index (χ4v) is 1.67. The van der Waals surface area contributed by atoms with E-state index in [1.165, 1.54) is 0 Å². The average Bonchev–Trinajstić information content (AvgIpc) is 2.81. The Kier molecular flexibility index (Phi) is 2.94. The molecule has 5 nitrogen and oxygen atoms in total. The van der Waals surface area contributed by atoms with Gasteiger partial charge in [0, 0.05) is 26.0 Å². The Bertz CT molecular complexity index is 468. The number of imidazole rings is 1. The number of hydrogen-bond donors (Lipinski definition) is 1. The normalized spacial score (nSPS) is 10.7. The maximum Gasteiger partial charge on any atom is 0.203 e. The summed E-state index contributed by atoms with van der Waals surface area (Å²) in [4.78, 5) is 4.43. The molecule has 0 amide bonds. The second-order valence-electron chi connectivity index (χ2n) is 3.79. The molecule has 0 aliphatic rings. The van der Waals surface area contributed by atoms with Crippen molar-refractivity contribution in [2.24, 2.45) is 7.05 Å². The number of aromatic nitrogens is 4. The third-order valence-corrected chi connectivity index (χ3v) is 2.59. The van der Waals surface area contributed by atoms with Crippen LogP contribution in [0, 0.1) is 6.92 Å². The van der Waals surface area contributed by atoms with Gasteiger partial charge in [-0.2, -0.15) is 5.10 Å². The minimum Gasteiger partial charge on any atom is -0.350 e. The molecule has 1 N–H and O–H groups in total. The number of nitrogens with zero attached hydrogens (tertiary/aromatic N) is 4. The molecule has 2 aromatic rings. The van der Waals surface area contributed by atoms with E-state index in [-0.39, 0.29) is 0 Å². The molecule has 0 unspecified atom stereocenters. The van der Waals surface area contributed by atoms with Crippen LogP contribution in [0.15, 0.2) is 18.5 Å². The molecule has 2 aromatic heterocycles. The van der Waals surface area contributed by atoms with Gasteiger partial charge in [0.1, 0.15) is 0 Å². The smallest absolute Gasteiger partial charge is 0.203 e. The van der Waals surface area contributed by atoms with E-state index in [4.69, 9.17) is 0 Å². The van der Waals surface area contributed by atoms with Crippen molar-refractivity contribution in [2.75, 3.05) is 5.32 Å². The van der Waals surface area contributed by atoms with Crippen molar-refractivity contribution in [1.82, 2.24) is 19.3 Å². The zero-order chi connectivity index (χ0) is 11.5. The lowest BCUT2D eigenvalue weighted by Crippen LogP contribution is -2.09. The van der Waals surface area contributed by atoms with Gasteiger partial charge in [0.2, 0.25) is 5.95 Å². The van der Waals surface area contributed by atoms with Crippen LogP contribution in [0.25, 0.3) is 0 Å². The van der Waals surface area contributed by atoms with E-state index in [0.717, 1.165) is 30.4 Å². The number of nitrogens with one attached hydrogen (secondary N) is 1. The van der Waals surface area contributed by atoms with Crippen LogP contribution in [-0.2, 0) is 20.1 Å². The van der Waals surface area contributed by atoms with Crippen molar-refractivity contribution in [1.29, 1.82) is 0 Å². The van der Waals surface area contributed by atoms with E-state index in [9.17, 15) is 0 Å². The summed E-state index contributed by atoms with van der Waals surface area (Å²) >= 11 is 0. The Morgan fingerprint density at radius 2 is 2.25 bits per heavy atom. The maximum atomic E-state index is 4.43. The van der Waals surface area contributed by atoms with Crippen molar-refractivity contribution in [2.45, 2.75) is 26.9 Å². The summed E-state index contributed by atoms with van der Waals surface area (Å²) in [6.07, 6.45) is 3.85. The average molecular weight is 219 g/mol. The lowest BCUT2D eigenvalue weighted by molar-refractivity contribution is 0.711. The monoisotopic (exact) mass is 219 g/mol. The molecular formula is C11H17N5. The first-order chi connectivity index (χ1) is 7.70. The zero-order valence-corrected chi connectivity index (χ0v) is 9.94. The van der Waals surface area contributed by atoms with E-state index in [0.29, 0.717) is 0 Å². The summed E-state index contributed by atoms with van der Waals surface area (Å²) in [5, 5.41) is 7.45. The standard InChI is InChI=1S/C11H17N5/c1-4-16-8-9(2)14-11(16)12-7-10-5-6-13-15(10)3/h5-6,8H,4,7H2,1-3H3,(H,12,14). The topological polar surface area (TPSA) is 47.7 Å². The number of anilines is 1. The van der Waals surface area contributed by atoms with E-state index in [2.05, 4.69) is 26.9 Å². The largest absolute Gasteiger partial charge is 0.350 e. The first kappa shape index (κ1) is 10.7. The molecule has 5 heteroatoms. The van der Waals surface area contributed by atoms with Crippen LogP contribution in [0.1, 0.15) is 18.3 Å². The fourth-order valence-electron chi connectivity index (χ4n) is 1.67. The summed E-state index contributed by atoms with van der Waals surface area (Å²) in [5.41, 5.74) is 2.18. The van der Waals surface area contributed by atoms with Crippen LogP contribution in [-0.4, -0.2) is 19.3 Å². The third kappa shape index (κ3) is 2.08.